The molecule has 0 saturated carbocycles. The van der Waals surface area contributed by atoms with Gasteiger partial charge in [-0.3, -0.25) is 4.79 Å². The Kier molecular flexibility index (Phi) is 4.45. The topological polar surface area (TPSA) is 29.1 Å². The van der Waals surface area contributed by atoms with Gasteiger partial charge >= 0.3 is 0 Å². The van der Waals surface area contributed by atoms with E-state index >= 15 is 0 Å². The van der Waals surface area contributed by atoms with E-state index in [1.165, 1.54) is 30.3 Å². The molecular weight excluding hydrogens is 348 g/mol. The molecule has 2 aromatic rings. The van der Waals surface area contributed by atoms with Crippen molar-refractivity contribution in [3.05, 3.63) is 57.6 Å². The van der Waals surface area contributed by atoms with Crippen molar-refractivity contribution < 1.29 is 13.6 Å². The largest absolute Gasteiger partial charge is 0.322 e. The number of benzene rings is 2. The second kappa shape index (κ2) is 5.93. The fraction of sp³-hybridized carbons (Fsp3) is 0.0714. The zero-order chi connectivity index (χ0) is 14.9. The molecule has 2 rings (SSSR count). The third kappa shape index (κ3) is 3.19. The van der Waals surface area contributed by atoms with Gasteiger partial charge in [0, 0.05) is 16.1 Å². The number of amides is 1. The summed E-state index contributed by atoms with van der Waals surface area (Å²) in [5.74, 6) is -1.31. The maximum absolute atomic E-state index is 13.3. The minimum Gasteiger partial charge on any atom is -0.322 e. The first-order valence-electron chi connectivity index (χ1n) is 5.64. The first kappa shape index (κ1) is 15.0. The summed E-state index contributed by atoms with van der Waals surface area (Å²) in [5, 5.41) is 2.65. The average molecular weight is 358 g/mol. The van der Waals surface area contributed by atoms with Gasteiger partial charge in [0.1, 0.15) is 11.6 Å². The van der Waals surface area contributed by atoms with Crippen LogP contribution < -0.4 is 5.32 Å². The van der Waals surface area contributed by atoms with Gasteiger partial charge in [-0.1, -0.05) is 0 Å². The lowest BCUT2D eigenvalue weighted by molar-refractivity contribution is 0.102. The van der Waals surface area contributed by atoms with Crippen LogP contribution in [-0.2, 0) is 0 Å². The fourth-order valence-electron chi connectivity index (χ4n) is 1.63. The first-order chi connectivity index (χ1) is 9.38. The molecule has 0 radical (unpaired) electrons. The summed E-state index contributed by atoms with van der Waals surface area (Å²) in [7, 11) is 0. The van der Waals surface area contributed by atoms with Crippen molar-refractivity contribution in [1.29, 1.82) is 0 Å². The van der Waals surface area contributed by atoms with Crippen molar-refractivity contribution in [3.8, 4) is 0 Å². The number of carbonyl (C=O) groups is 1. The number of hydrogen-bond donors (Lipinski definition) is 2. The molecule has 0 spiro atoms. The van der Waals surface area contributed by atoms with E-state index in [0.29, 0.717) is 11.3 Å². The van der Waals surface area contributed by atoms with Crippen molar-refractivity contribution in [2.75, 3.05) is 5.32 Å². The van der Waals surface area contributed by atoms with Gasteiger partial charge in [-0.15, -0.1) is 12.6 Å². The monoisotopic (exact) mass is 357 g/mol. The predicted octanol–water partition coefficient (Wildman–Crippen LogP) is 4.58. The summed E-state index contributed by atoms with van der Waals surface area (Å²) in [6.45, 7) is 1.68. The second-order valence-corrected chi connectivity index (χ2v) is 5.54. The van der Waals surface area contributed by atoms with Crippen molar-refractivity contribution >= 4 is 40.2 Å². The Balaban J connectivity index is 2.27. The SMILES string of the molecule is Cc1cc(F)c(Br)cc1NC(=O)c1ccc(F)c(S)c1. The lowest BCUT2D eigenvalue weighted by Crippen LogP contribution is -2.13. The quantitative estimate of drug-likeness (QED) is 0.757. The molecule has 20 heavy (non-hydrogen) atoms. The highest BCUT2D eigenvalue weighted by Gasteiger charge is 2.11. The molecular formula is C14H10BrF2NOS. The fourth-order valence-corrected chi connectivity index (χ4v) is 2.19. The summed E-state index contributed by atoms with van der Waals surface area (Å²) in [4.78, 5) is 12.1. The van der Waals surface area contributed by atoms with E-state index in [4.69, 9.17) is 0 Å². The van der Waals surface area contributed by atoms with E-state index in [0.717, 1.165) is 0 Å². The van der Waals surface area contributed by atoms with Gasteiger partial charge in [-0.2, -0.15) is 0 Å². The van der Waals surface area contributed by atoms with Gasteiger partial charge in [0.25, 0.3) is 5.91 Å². The molecule has 0 aliphatic heterocycles. The molecule has 0 aromatic heterocycles. The summed E-state index contributed by atoms with van der Waals surface area (Å²) >= 11 is 6.99. The minimum absolute atomic E-state index is 0.0923. The van der Waals surface area contributed by atoms with E-state index in [1.807, 2.05) is 0 Å². The van der Waals surface area contributed by atoms with E-state index in [-0.39, 0.29) is 14.9 Å². The van der Waals surface area contributed by atoms with Crippen molar-refractivity contribution in [2.45, 2.75) is 11.8 Å². The second-order valence-electron chi connectivity index (χ2n) is 4.20. The van der Waals surface area contributed by atoms with Gasteiger partial charge in [-0.05, 0) is 58.7 Å². The Morgan fingerprint density at radius 3 is 2.55 bits per heavy atom. The number of halogens is 3. The van der Waals surface area contributed by atoms with Gasteiger partial charge in [0.15, 0.2) is 0 Å². The molecule has 0 saturated heterocycles. The number of aryl methyl sites for hydroxylation is 1. The van der Waals surface area contributed by atoms with Crippen LogP contribution in [0.3, 0.4) is 0 Å². The maximum atomic E-state index is 13.3. The summed E-state index contributed by atoms with van der Waals surface area (Å²) in [5.41, 5.74) is 1.34. The molecule has 1 N–H and O–H groups in total. The lowest BCUT2D eigenvalue weighted by Gasteiger charge is -2.10. The van der Waals surface area contributed by atoms with Crippen LogP contribution in [0.15, 0.2) is 39.7 Å². The van der Waals surface area contributed by atoms with Gasteiger partial charge in [-0.25, -0.2) is 8.78 Å². The molecule has 0 bridgehead atoms. The molecule has 2 aromatic carbocycles. The number of hydrogen-bond acceptors (Lipinski definition) is 2. The van der Waals surface area contributed by atoms with Crippen LogP contribution in [0.2, 0.25) is 0 Å². The van der Waals surface area contributed by atoms with Crippen LogP contribution in [0.1, 0.15) is 15.9 Å². The number of anilines is 1. The Morgan fingerprint density at radius 1 is 1.20 bits per heavy atom. The molecule has 0 unspecified atom stereocenters. The Labute approximate surface area is 128 Å². The molecule has 2 nitrogen and oxygen atoms in total. The molecule has 0 aliphatic rings. The first-order valence-corrected chi connectivity index (χ1v) is 6.88. The molecule has 6 heteroatoms. The summed E-state index contributed by atoms with van der Waals surface area (Å²) < 4.78 is 26.7. The Bertz CT molecular complexity index is 691. The molecule has 0 aliphatic carbocycles. The Morgan fingerprint density at radius 2 is 1.90 bits per heavy atom. The van der Waals surface area contributed by atoms with Crippen molar-refractivity contribution in [3.63, 3.8) is 0 Å². The maximum Gasteiger partial charge on any atom is 0.255 e. The highest BCUT2D eigenvalue weighted by atomic mass is 79.9. The van der Waals surface area contributed by atoms with E-state index in [1.54, 1.807) is 6.92 Å². The summed E-state index contributed by atoms with van der Waals surface area (Å²) in [6.07, 6.45) is 0. The molecule has 1 amide bonds. The third-order valence-electron chi connectivity index (χ3n) is 2.72. The van der Waals surface area contributed by atoms with Gasteiger partial charge < -0.3 is 5.32 Å². The van der Waals surface area contributed by atoms with E-state index in [9.17, 15) is 13.6 Å². The zero-order valence-electron chi connectivity index (χ0n) is 10.4. The van der Waals surface area contributed by atoms with Crippen LogP contribution >= 0.6 is 28.6 Å². The molecule has 0 atom stereocenters. The van der Waals surface area contributed by atoms with Crippen molar-refractivity contribution in [2.24, 2.45) is 0 Å². The highest BCUT2D eigenvalue weighted by Crippen LogP contribution is 2.25. The van der Waals surface area contributed by atoms with E-state index in [2.05, 4.69) is 33.9 Å². The number of thiol groups is 1. The molecule has 104 valence electrons. The van der Waals surface area contributed by atoms with Crippen LogP contribution in [0.5, 0.6) is 0 Å². The number of rotatable bonds is 2. The molecule has 0 fully saturated rings. The zero-order valence-corrected chi connectivity index (χ0v) is 12.9. The average Bonchev–Trinajstić information content (AvgIpc) is 2.39. The van der Waals surface area contributed by atoms with Gasteiger partial charge in [0.05, 0.1) is 4.47 Å². The van der Waals surface area contributed by atoms with E-state index < -0.39 is 17.5 Å². The number of nitrogens with one attached hydrogen (secondary N) is 1. The number of carbonyl (C=O) groups excluding carboxylic acids is 1. The smallest absolute Gasteiger partial charge is 0.255 e. The van der Waals surface area contributed by atoms with Crippen LogP contribution in [-0.4, -0.2) is 5.91 Å². The normalized spacial score (nSPS) is 10.4. The van der Waals surface area contributed by atoms with Crippen molar-refractivity contribution in [1.82, 2.24) is 0 Å². The van der Waals surface area contributed by atoms with Crippen LogP contribution in [0.4, 0.5) is 14.5 Å². The van der Waals surface area contributed by atoms with Gasteiger partial charge in [0.2, 0.25) is 0 Å². The standard InChI is InChI=1S/C14H10BrF2NOS/c1-7-4-11(17)9(15)6-12(7)18-14(19)8-2-3-10(16)13(20)5-8/h2-6,20H,1H3,(H,18,19). The Hall–Kier alpha value is -1.40. The van der Waals surface area contributed by atoms with Crippen LogP contribution in [0, 0.1) is 18.6 Å². The lowest BCUT2D eigenvalue weighted by atomic mass is 10.1. The minimum atomic E-state index is -0.495. The molecule has 0 heterocycles. The third-order valence-corrected chi connectivity index (χ3v) is 3.67. The highest BCUT2D eigenvalue weighted by molar-refractivity contribution is 9.10. The predicted molar refractivity (Wildman–Crippen MR) is 80.4 cm³/mol. The summed E-state index contributed by atoms with van der Waals surface area (Å²) in [6, 6.07) is 6.66. The van der Waals surface area contributed by atoms with Crippen LogP contribution in [0.25, 0.3) is 0 Å².